The van der Waals surface area contributed by atoms with E-state index in [0.717, 1.165) is 16.8 Å². The van der Waals surface area contributed by atoms with Crippen molar-refractivity contribution in [3.05, 3.63) is 65.0 Å². The van der Waals surface area contributed by atoms with Crippen molar-refractivity contribution in [1.82, 2.24) is 4.98 Å². The molecule has 0 unspecified atom stereocenters. The van der Waals surface area contributed by atoms with E-state index in [1.165, 1.54) is 0 Å². The highest BCUT2D eigenvalue weighted by atomic mass is 16.1. The second-order valence-electron chi connectivity index (χ2n) is 5.81. The molecule has 0 fully saturated rings. The molecule has 0 saturated heterocycles. The standard InChI is InChI=1S/C17H19NO/c1-12-9-10-13(11-18-12)16(19)14-7-5-6-8-15(14)17(2,3)4/h5-11H,1-4H3. The van der Waals surface area contributed by atoms with E-state index in [0.29, 0.717) is 5.56 Å². The minimum atomic E-state index is -0.0512. The van der Waals surface area contributed by atoms with Crippen LogP contribution in [0.5, 0.6) is 0 Å². The third-order valence-electron chi connectivity index (χ3n) is 3.15. The molecule has 0 N–H and O–H groups in total. The second kappa shape index (κ2) is 4.96. The Morgan fingerprint density at radius 1 is 1.05 bits per heavy atom. The van der Waals surface area contributed by atoms with Crippen LogP contribution in [0.3, 0.4) is 0 Å². The monoisotopic (exact) mass is 253 g/mol. The highest BCUT2D eigenvalue weighted by Gasteiger charge is 2.21. The molecular formula is C17H19NO. The molecule has 0 aliphatic carbocycles. The van der Waals surface area contributed by atoms with Crippen molar-refractivity contribution in [2.24, 2.45) is 0 Å². The number of aromatic nitrogens is 1. The molecular weight excluding hydrogens is 234 g/mol. The third kappa shape index (κ3) is 2.90. The number of aryl methyl sites for hydroxylation is 1. The van der Waals surface area contributed by atoms with Gasteiger partial charge in [-0.15, -0.1) is 0 Å². The number of carbonyl (C=O) groups is 1. The van der Waals surface area contributed by atoms with E-state index in [1.807, 2.05) is 43.3 Å². The summed E-state index contributed by atoms with van der Waals surface area (Å²) in [6.07, 6.45) is 1.65. The minimum Gasteiger partial charge on any atom is -0.289 e. The van der Waals surface area contributed by atoms with Crippen molar-refractivity contribution < 1.29 is 4.79 Å². The molecule has 2 heteroatoms. The van der Waals surface area contributed by atoms with Crippen LogP contribution in [0, 0.1) is 6.92 Å². The van der Waals surface area contributed by atoms with Gasteiger partial charge in [-0.05, 0) is 30.0 Å². The summed E-state index contributed by atoms with van der Waals surface area (Å²) in [5.41, 5.74) is 3.34. The van der Waals surface area contributed by atoms with Crippen LogP contribution in [0.1, 0.15) is 48.0 Å². The normalized spacial score (nSPS) is 11.4. The van der Waals surface area contributed by atoms with E-state index in [1.54, 1.807) is 6.20 Å². The van der Waals surface area contributed by atoms with Crippen LogP contribution < -0.4 is 0 Å². The van der Waals surface area contributed by atoms with Gasteiger partial charge in [0, 0.05) is 23.0 Å². The summed E-state index contributed by atoms with van der Waals surface area (Å²) >= 11 is 0. The molecule has 0 aliphatic rings. The first-order chi connectivity index (χ1) is 8.89. The molecule has 0 amide bonds. The van der Waals surface area contributed by atoms with E-state index in [9.17, 15) is 4.79 Å². The molecule has 0 spiro atoms. The fourth-order valence-electron chi connectivity index (χ4n) is 2.09. The summed E-state index contributed by atoms with van der Waals surface area (Å²) in [6, 6.07) is 11.5. The highest BCUT2D eigenvalue weighted by Crippen LogP contribution is 2.27. The number of hydrogen-bond acceptors (Lipinski definition) is 2. The van der Waals surface area contributed by atoms with Crippen molar-refractivity contribution in [1.29, 1.82) is 0 Å². The Kier molecular flexibility index (Phi) is 3.52. The summed E-state index contributed by atoms with van der Waals surface area (Å²) in [7, 11) is 0. The molecule has 2 aromatic rings. The van der Waals surface area contributed by atoms with Gasteiger partial charge >= 0.3 is 0 Å². The van der Waals surface area contributed by atoms with Crippen molar-refractivity contribution >= 4 is 5.78 Å². The molecule has 0 radical (unpaired) electrons. The maximum absolute atomic E-state index is 12.6. The summed E-state index contributed by atoms with van der Waals surface area (Å²) in [4.78, 5) is 16.8. The number of benzene rings is 1. The van der Waals surface area contributed by atoms with Gasteiger partial charge in [0.2, 0.25) is 0 Å². The molecule has 19 heavy (non-hydrogen) atoms. The molecule has 0 atom stereocenters. The fourth-order valence-corrected chi connectivity index (χ4v) is 2.09. The lowest BCUT2D eigenvalue weighted by Crippen LogP contribution is -2.17. The van der Waals surface area contributed by atoms with Crippen LogP contribution in [0.25, 0.3) is 0 Å². The topological polar surface area (TPSA) is 30.0 Å². The molecule has 98 valence electrons. The van der Waals surface area contributed by atoms with Crippen LogP contribution in [0.2, 0.25) is 0 Å². The average molecular weight is 253 g/mol. The molecule has 1 aromatic heterocycles. The Hall–Kier alpha value is -1.96. The lowest BCUT2D eigenvalue weighted by atomic mass is 9.82. The van der Waals surface area contributed by atoms with Gasteiger partial charge in [0.15, 0.2) is 5.78 Å². The maximum Gasteiger partial charge on any atom is 0.194 e. The predicted octanol–water partition coefficient (Wildman–Crippen LogP) is 3.92. The Labute approximate surface area is 114 Å². The van der Waals surface area contributed by atoms with E-state index in [-0.39, 0.29) is 11.2 Å². The number of nitrogens with zero attached hydrogens (tertiary/aromatic N) is 1. The number of pyridine rings is 1. The van der Waals surface area contributed by atoms with Gasteiger partial charge < -0.3 is 0 Å². The number of rotatable bonds is 2. The van der Waals surface area contributed by atoms with E-state index in [2.05, 4.69) is 25.8 Å². The number of ketones is 1. The maximum atomic E-state index is 12.6. The number of carbonyl (C=O) groups excluding carboxylic acids is 1. The van der Waals surface area contributed by atoms with E-state index < -0.39 is 0 Å². The van der Waals surface area contributed by atoms with Crippen LogP contribution in [0.4, 0.5) is 0 Å². The van der Waals surface area contributed by atoms with E-state index >= 15 is 0 Å². The lowest BCUT2D eigenvalue weighted by Gasteiger charge is -2.22. The van der Waals surface area contributed by atoms with Crippen LogP contribution in [-0.2, 0) is 5.41 Å². The van der Waals surface area contributed by atoms with Gasteiger partial charge in [-0.25, -0.2) is 0 Å². The van der Waals surface area contributed by atoms with Crippen LogP contribution in [-0.4, -0.2) is 10.8 Å². The SMILES string of the molecule is Cc1ccc(C(=O)c2ccccc2C(C)(C)C)cn1. The zero-order chi connectivity index (χ0) is 14.0. The number of hydrogen-bond donors (Lipinski definition) is 0. The fraction of sp³-hybridized carbons (Fsp3) is 0.294. The van der Waals surface area contributed by atoms with Crippen molar-refractivity contribution in [3.63, 3.8) is 0 Å². The molecule has 1 aromatic carbocycles. The smallest absolute Gasteiger partial charge is 0.194 e. The molecule has 0 aliphatic heterocycles. The van der Waals surface area contributed by atoms with Gasteiger partial charge in [0.1, 0.15) is 0 Å². The molecule has 0 bridgehead atoms. The molecule has 1 heterocycles. The molecule has 2 nitrogen and oxygen atoms in total. The van der Waals surface area contributed by atoms with Gasteiger partial charge in [-0.2, -0.15) is 0 Å². The summed E-state index contributed by atoms with van der Waals surface area (Å²) < 4.78 is 0. The predicted molar refractivity (Wildman–Crippen MR) is 77.5 cm³/mol. The highest BCUT2D eigenvalue weighted by molar-refractivity contribution is 6.09. The molecule has 0 saturated carbocycles. The van der Waals surface area contributed by atoms with Gasteiger partial charge in [0.25, 0.3) is 0 Å². The molecule has 2 rings (SSSR count). The van der Waals surface area contributed by atoms with Gasteiger partial charge in [0.05, 0.1) is 0 Å². The third-order valence-corrected chi connectivity index (χ3v) is 3.15. The van der Waals surface area contributed by atoms with Gasteiger partial charge in [-0.1, -0.05) is 45.0 Å². The summed E-state index contributed by atoms with van der Waals surface area (Å²) in [5, 5.41) is 0. The zero-order valence-corrected chi connectivity index (χ0v) is 11.9. The largest absolute Gasteiger partial charge is 0.289 e. The van der Waals surface area contributed by atoms with Crippen LogP contribution in [0.15, 0.2) is 42.6 Å². The van der Waals surface area contributed by atoms with Crippen molar-refractivity contribution in [2.75, 3.05) is 0 Å². The minimum absolute atomic E-state index is 0.0398. The van der Waals surface area contributed by atoms with E-state index in [4.69, 9.17) is 0 Å². The first-order valence-electron chi connectivity index (χ1n) is 6.46. The van der Waals surface area contributed by atoms with Crippen LogP contribution >= 0.6 is 0 Å². The summed E-state index contributed by atoms with van der Waals surface area (Å²) in [5.74, 6) is 0.0398. The summed E-state index contributed by atoms with van der Waals surface area (Å²) in [6.45, 7) is 8.27. The second-order valence-corrected chi connectivity index (χ2v) is 5.81. The first kappa shape index (κ1) is 13.5. The van der Waals surface area contributed by atoms with Crippen molar-refractivity contribution in [3.8, 4) is 0 Å². The lowest BCUT2D eigenvalue weighted by molar-refractivity contribution is 0.103. The van der Waals surface area contributed by atoms with Crippen molar-refractivity contribution in [2.45, 2.75) is 33.1 Å². The quantitative estimate of drug-likeness (QED) is 0.759. The Bertz CT molecular complexity index is 591. The Morgan fingerprint density at radius 3 is 2.32 bits per heavy atom. The zero-order valence-electron chi connectivity index (χ0n) is 11.9. The average Bonchev–Trinajstić information content (AvgIpc) is 2.38. The first-order valence-corrected chi connectivity index (χ1v) is 6.46. The Morgan fingerprint density at radius 2 is 1.74 bits per heavy atom. The Balaban J connectivity index is 2.48. The van der Waals surface area contributed by atoms with Gasteiger partial charge in [-0.3, -0.25) is 9.78 Å².